The van der Waals surface area contributed by atoms with Crippen molar-refractivity contribution in [2.45, 2.75) is 16.1 Å². The lowest BCUT2D eigenvalue weighted by atomic mass is 9.95. The predicted molar refractivity (Wildman–Crippen MR) is 173 cm³/mol. The standard InChI is InChI=1S/C35H21N5S2/c1-2-8-20(9-3-1)31-34-32(24-11-5-7-13-28(24)41-34)38-35(37-31)22-16-14-21(15-17-22)30-25-18-19-27-33(40-42-39-27)29(25)23-10-4-6-12-26(23)36-30/h1-19,24,28H. The molecule has 0 bridgehead atoms. The van der Waals surface area contributed by atoms with E-state index in [4.69, 9.17) is 15.0 Å². The van der Waals surface area contributed by atoms with Crippen LogP contribution in [0.5, 0.6) is 0 Å². The number of nitrogens with zero attached hydrogens (tertiary/aromatic N) is 5. The summed E-state index contributed by atoms with van der Waals surface area (Å²) in [5.74, 6) is 0.999. The van der Waals surface area contributed by atoms with Crippen molar-refractivity contribution in [3.05, 3.63) is 121 Å². The molecule has 42 heavy (non-hydrogen) atoms. The molecule has 9 rings (SSSR count). The summed E-state index contributed by atoms with van der Waals surface area (Å²) in [5.41, 5.74) is 8.97. The Balaban J connectivity index is 1.20. The Morgan fingerprint density at radius 3 is 2.26 bits per heavy atom. The Hall–Kier alpha value is -4.72. The summed E-state index contributed by atoms with van der Waals surface area (Å²) < 4.78 is 9.14. The van der Waals surface area contributed by atoms with Crippen molar-refractivity contribution in [3.63, 3.8) is 0 Å². The van der Waals surface area contributed by atoms with Crippen LogP contribution >= 0.6 is 23.5 Å². The van der Waals surface area contributed by atoms with Gasteiger partial charge in [0.1, 0.15) is 11.0 Å². The van der Waals surface area contributed by atoms with Crippen LogP contribution in [0.15, 0.2) is 120 Å². The van der Waals surface area contributed by atoms with Crippen molar-refractivity contribution < 1.29 is 0 Å². The summed E-state index contributed by atoms with van der Waals surface area (Å²) in [6, 6.07) is 31.4. The van der Waals surface area contributed by atoms with E-state index in [0.29, 0.717) is 5.25 Å². The Morgan fingerprint density at radius 1 is 0.571 bits per heavy atom. The fourth-order valence-corrected chi connectivity index (χ4v) is 8.02. The molecule has 0 amide bonds. The number of allylic oxidation sites excluding steroid dienone is 3. The molecule has 1 aliphatic heterocycles. The van der Waals surface area contributed by atoms with E-state index in [2.05, 4.69) is 106 Å². The summed E-state index contributed by atoms with van der Waals surface area (Å²) in [4.78, 5) is 16.6. The van der Waals surface area contributed by atoms with Gasteiger partial charge in [-0.15, -0.1) is 11.8 Å². The van der Waals surface area contributed by atoms with Crippen molar-refractivity contribution in [2.75, 3.05) is 0 Å². The molecule has 2 aliphatic rings. The smallest absolute Gasteiger partial charge is 0.160 e. The summed E-state index contributed by atoms with van der Waals surface area (Å²) in [7, 11) is 0. The second-order valence-corrected chi connectivity index (χ2v) is 12.2. The molecule has 0 fully saturated rings. The number of thioether (sulfide) groups is 1. The first-order chi connectivity index (χ1) is 20.8. The van der Waals surface area contributed by atoms with Gasteiger partial charge in [-0.2, -0.15) is 8.75 Å². The van der Waals surface area contributed by atoms with Gasteiger partial charge in [-0.1, -0.05) is 97.1 Å². The van der Waals surface area contributed by atoms with Gasteiger partial charge in [0.25, 0.3) is 0 Å². The third-order valence-electron chi connectivity index (χ3n) is 8.10. The largest absolute Gasteiger partial charge is 0.247 e. The molecule has 1 aliphatic carbocycles. The van der Waals surface area contributed by atoms with Crippen LogP contribution in [0.2, 0.25) is 0 Å². The van der Waals surface area contributed by atoms with Crippen LogP contribution in [0.1, 0.15) is 11.6 Å². The normalized spacial score (nSPS) is 17.2. The van der Waals surface area contributed by atoms with E-state index in [0.717, 1.165) is 72.3 Å². The molecule has 0 saturated carbocycles. The molecule has 0 saturated heterocycles. The van der Waals surface area contributed by atoms with E-state index in [1.54, 1.807) is 0 Å². The molecular weight excluding hydrogens is 555 g/mol. The Kier molecular flexibility index (Phi) is 5.36. The molecule has 2 atom stereocenters. The maximum Gasteiger partial charge on any atom is 0.160 e. The van der Waals surface area contributed by atoms with E-state index in [1.165, 1.54) is 16.6 Å². The summed E-state index contributed by atoms with van der Waals surface area (Å²) in [6.07, 6.45) is 8.81. The lowest BCUT2D eigenvalue weighted by Crippen LogP contribution is -2.09. The molecule has 2 unspecified atom stereocenters. The van der Waals surface area contributed by atoms with Crippen molar-refractivity contribution in [1.82, 2.24) is 23.7 Å². The quantitative estimate of drug-likeness (QED) is 0.196. The highest BCUT2D eigenvalue weighted by Crippen LogP contribution is 2.51. The first-order valence-electron chi connectivity index (χ1n) is 13.9. The number of pyridine rings is 1. The predicted octanol–water partition coefficient (Wildman–Crippen LogP) is 8.87. The van der Waals surface area contributed by atoms with Crippen LogP contribution in [0, 0.1) is 0 Å². The number of para-hydroxylation sites is 1. The zero-order valence-corrected chi connectivity index (χ0v) is 23.8. The number of aromatic nitrogens is 5. The Morgan fingerprint density at radius 2 is 1.36 bits per heavy atom. The number of benzene rings is 4. The van der Waals surface area contributed by atoms with Crippen LogP contribution in [-0.4, -0.2) is 28.9 Å². The van der Waals surface area contributed by atoms with E-state index in [-0.39, 0.29) is 5.92 Å². The highest BCUT2D eigenvalue weighted by molar-refractivity contribution is 8.00. The minimum Gasteiger partial charge on any atom is -0.247 e. The lowest BCUT2D eigenvalue weighted by Gasteiger charge is -2.14. The maximum atomic E-state index is 5.17. The highest BCUT2D eigenvalue weighted by atomic mass is 32.2. The molecule has 4 aromatic carbocycles. The molecule has 5 nitrogen and oxygen atoms in total. The third-order valence-corrected chi connectivity index (χ3v) is 10.0. The van der Waals surface area contributed by atoms with Gasteiger partial charge in [-0.25, -0.2) is 15.0 Å². The van der Waals surface area contributed by atoms with E-state index >= 15 is 0 Å². The minimum atomic E-state index is 0.253. The zero-order valence-electron chi connectivity index (χ0n) is 22.2. The van der Waals surface area contributed by atoms with Gasteiger partial charge in [-0.3, -0.25) is 0 Å². The minimum absolute atomic E-state index is 0.253. The highest BCUT2D eigenvalue weighted by Gasteiger charge is 2.35. The zero-order chi connectivity index (χ0) is 27.6. The fourth-order valence-electron chi connectivity index (χ4n) is 6.09. The number of hydrogen-bond donors (Lipinski definition) is 0. The van der Waals surface area contributed by atoms with Gasteiger partial charge in [0.05, 0.1) is 39.2 Å². The van der Waals surface area contributed by atoms with Gasteiger partial charge in [0.15, 0.2) is 5.82 Å². The van der Waals surface area contributed by atoms with Crippen LogP contribution < -0.4 is 0 Å². The van der Waals surface area contributed by atoms with E-state index in [1.807, 2.05) is 30.0 Å². The molecule has 7 heteroatoms. The van der Waals surface area contributed by atoms with Crippen LogP contribution in [0.3, 0.4) is 0 Å². The molecule has 7 aromatic rings. The molecule has 3 aromatic heterocycles. The maximum absolute atomic E-state index is 5.17. The average molecular weight is 576 g/mol. The van der Waals surface area contributed by atoms with Crippen molar-refractivity contribution in [2.24, 2.45) is 0 Å². The molecule has 198 valence electrons. The monoisotopic (exact) mass is 575 g/mol. The Bertz CT molecular complexity index is 2240. The fraction of sp³-hybridized carbons (Fsp3) is 0.0571. The Labute approximate surface area is 250 Å². The third kappa shape index (κ3) is 3.67. The summed E-state index contributed by atoms with van der Waals surface area (Å²) in [6.45, 7) is 0. The lowest BCUT2D eigenvalue weighted by molar-refractivity contribution is 0.829. The van der Waals surface area contributed by atoms with Gasteiger partial charge < -0.3 is 0 Å². The summed E-state index contributed by atoms with van der Waals surface area (Å²) >= 11 is 3.12. The van der Waals surface area contributed by atoms with Crippen LogP contribution in [0.25, 0.3) is 66.6 Å². The number of rotatable bonds is 3. The van der Waals surface area contributed by atoms with Crippen LogP contribution in [-0.2, 0) is 0 Å². The van der Waals surface area contributed by atoms with Crippen molar-refractivity contribution in [1.29, 1.82) is 0 Å². The first-order valence-corrected chi connectivity index (χ1v) is 15.5. The van der Waals surface area contributed by atoms with Gasteiger partial charge in [0.2, 0.25) is 0 Å². The molecular formula is C35H21N5S2. The van der Waals surface area contributed by atoms with Gasteiger partial charge in [-0.05, 0) is 18.2 Å². The number of fused-ring (bicyclic) bond motifs is 8. The first kappa shape index (κ1) is 23.9. The van der Waals surface area contributed by atoms with Crippen LogP contribution in [0.4, 0.5) is 0 Å². The van der Waals surface area contributed by atoms with Crippen molar-refractivity contribution >= 4 is 56.2 Å². The second kappa shape index (κ2) is 9.41. The van der Waals surface area contributed by atoms with Gasteiger partial charge >= 0.3 is 0 Å². The van der Waals surface area contributed by atoms with E-state index < -0.39 is 0 Å². The van der Waals surface area contributed by atoms with Gasteiger partial charge in [0, 0.05) is 44.0 Å². The second-order valence-electron chi connectivity index (χ2n) is 10.5. The molecule has 0 N–H and O–H groups in total. The topological polar surface area (TPSA) is 64.5 Å². The SMILES string of the molecule is C1=CC2Sc3c(-c4ccccc4)nc(-c4ccc(-c5nc6ccccc6c6c5ccc5nsnc56)cc4)nc3C2C=C1. The average Bonchev–Trinajstić information content (AvgIpc) is 3.69. The number of hydrogen-bond acceptors (Lipinski definition) is 7. The molecule has 0 spiro atoms. The van der Waals surface area contributed by atoms with Crippen molar-refractivity contribution in [3.8, 4) is 33.9 Å². The molecule has 0 radical (unpaired) electrons. The van der Waals surface area contributed by atoms with E-state index in [9.17, 15) is 0 Å². The molecule has 4 heterocycles. The summed E-state index contributed by atoms with van der Waals surface area (Å²) in [5, 5.41) is 3.61.